The number of halogens is 1. The molecule has 2 atom stereocenters. The van der Waals surface area contributed by atoms with Crippen molar-refractivity contribution < 1.29 is 22.4 Å². The topological polar surface area (TPSA) is 120 Å². The van der Waals surface area contributed by atoms with Crippen molar-refractivity contribution in [3.8, 4) is 11.3 Å². The number of benzene rings is 3. The van der Waals surface area contributed by atoms with Crippen molar-refractivity contribution in [2.24, 2.45) is 5.41 Å². The fraction of sp³-hybridized carbons (Fsp3) is 0.250. The van der Waals surface area contributed by atoms with Crippen molar-refractivity contribution in [2.45, 2.75) is 43.5 Å². The lowest BCUT2D eigenvalue weighted by atomic mass is 9.84. The van der Waals surface area contributed by atoms with Gasteiger partial charge in [0.05, 0.1) is 11.7 Å². The molecule has 6 aromatic rings. The van der Waals surface area contributed by atoms with E-state index in [1.54, 1.807) is 41.3 Å². The van der Waals surface area contributed by atoms with Crippen LogP contribution in [-0.4, -0.2) is 74.3 Å². The number of amides is 1. The second-order valence-electron chi connectivity index (χ2n) is 14.2. The van der Waals surface area contributed by atoms with Gasteiger partial charge in [-0.15, -0.1) is 11.3 Å². The van der Waals surface area contributed by atoms with Gasteiger partial charge in [0.25, 0.3) is 25.0 Å². The largest absolute Gasteiger partial charge is 0.618 e. The lowest BCUT2D eigenvalue weighted by Crippen LogP contribution is -2.59. The summed E-state index contributed by atoms with van der Waals surface area (Å²) in [5.74, 6) is -0.464. The molecule has 14 heteroatoms. The van der Waals surface area contributed by atoms with E-state index in [9.17, 15) is 18.4 Å². The van der Waals surface area contributed by atoms with E-state index >= 15 is 0 Å². The first-order valence-corrected chi connectivity index (χ1v) is 21.6. The van der Waals surface area contributed by atoms with Crippen molar-refractivity contribution in [1.29, 1.82) is 0 Å². The molecule has 1 saturated heterocycles. The normalized spacial score (nSPS) is 16.2. The van der Waals surface area contributed by atoms with Crippen LogP contribution in [0.15, 0.2) is 126 Å². The van der Waals surface area contributed by atoms with Crippen LogP contribution in [0.5, 0.6) is 0 Å². The third-order valence-electron chi connectivity index (χ3n) is 9.51. The Morgan fingerprint density at radius 2 is 1.61 bits per heavy atom. The van der Waals surface area contributed by atoms with Crippen molar-refractivity contribution in [3.63, 3.8) is 0 Å². The van der Waals surface area contributed by atoms with Crippen LogP contribution in [0.4, 0.5) is 0 Å². The number of fused-ring (bicyclic) bond motifs is 1. The monoisotopic (exact) mass is 796 g/mol. The highest BCUT2D eigenvalue weighted by Gasteiger charge is 2.42. The number of pyridine rings is 1. The quantitative estimate of drug-likeness (QED) is 0.0979. The predicted octanol–water partition coefficient (Wildman–Crippen LogP) is 5.79. The summed E-state index contributed by atoms with van der Waals surface area (Å²) in [7, 11) is -5.68. The fourth-order valence-electron chi connectivity index (χ4n) is 6.55. The number of sulfonamides is 1. The lowest BCUT2D eigenvalue weighted by Gasteiger charge is -2.44. The summed E-state index contributed by atoms with van der Waals surface area (Å²) in [6, 6.07) is 31.7. The van der Waals surface area contributed by atoms with Gasteiger partial charge in [-0.05, 0) is 51.9 Å². The standard InChI is InChI=1S/C40H39ClN5O5S2Si/c1-40(2,3)36(51-54(32-12-6-4-7-13-32)33-14-8-5-9-15-33)24-31-27-44(53(49,50)37-22-28-17-18-30(41)23-35(28)52-37)20-21-45(31)39(47)38-42-25-29(26-43-38)34-16-10-11-19-46(34)48/h4-19,22-23,25-26,31,36H,20-21,24,27H2,1-3H3. The molecule has 277 valence electrons. The van der Waals surface area contributed by atoms with Gasteiger partial charge in [0.2, 0.25) is 11.5 Å². The summed E-state index contributed by atoms with van der Waals surface area (Å²) >= 11 is 7.41. The highest BCUT2D eigenvalue weighted by Crippen LogP contribution is 2.35. The second kappa shape index (κ2) is 15.7. The van der Waals surface area contributed by atoms with Gasteiger partial charge in [-0.2, -0.15) is 9.04 Å². The van der Waals surface area contributed by atoms with Gasteiger partial charge in [-0.1, -0.05) is 99.1 Å². The minimum atomic E-state index is -3.93. The molecule has 1 aliphatic rings. The molecule has 54 heavy (non-hydrogen) atoms. The third-order valence-corrected chi connectivity index (χ3v) is 15.4. The molecule has 0 N–H and O–H groups in total. The number of thiophene rings is 1. The number of hydrogen-bond donors (Lipinski definition) is 0. The Morgan fingerprint density at radius 3 is 2.24 bits per heavy atom. The van der Waals surface area contributed by atoms with Crippen LogP contribution in [0, 0.1) is 10.6 Å². The van der Waals surface area contributed by atoms with Crippen LogP contribution in [0.2, 0.25) is 5.02 Å². The SMILES string of the molecule is CC(C)(C)C(CC1CN(S(=O)(=O)c2cc3ccc(Cl)cc3s2)CCN1C(=O)c1ncc(-c2cccc[n+]2[O-])cn1)O[Si](c1ccccc1)c1ccccc1. The van der Waals surface area contributed by atoms with Gasteiger partial charge >= 0.3 is 0 Å². The number of carbonyl (C=O) groups is 1. The summed E-state index contributed by atoms with van der Waals surface area (Å²) in [5.41, 5.74) is 0.440. The molecule has 4 heterocycles. The molecule has 7 rings (SSSR count). The van der Waals surface area contributed by atoms with Crippen LogP contribution in [0.1, 0.15) is 37.8 Å². The van der Waals surface area contributed by atoms with Crippen LogP contribution in [-0.2, 0) is 14.4 Å². The first-order chi connectivity index (χ1) is 25.9. The molecule has 1 aliphatic heterocycles. The van der Waals surface area contributed by atoms with Crippen molar-refractivity contribution in [1.82, 2.24) is 19.2 Å². The smallest absolute Gasteiger partial charge is 0.291 e. The van der Waals surface area contributed by atoms with Gasteiger partial charge in [-0.3, -0.25) is 4.79 Å². The molecule has 10 nitrogen and oxygen atoms in total. The number of aromatic nitrogens is 3. The Labute approximate surface area is 326 Å². The van der Waals surface area contributed by atoms with Crippen LogP contribution in [0.3, 0.4) is 0 Å². The van der Waals surface area contributed by atoms with Gasteiger partial charge < -0.3 is 14.5 Å². The fourth-order valence-corrected chi connectivity index (χ4v) is 12.2. The zero-order valence-electron chi connectivity index (χ0n) is 30.0. The summed E-state index contributed by atoms with van der Waals surface area (Å²) in [4.78, 5) is 24.8. The Bertz CT molecular complexity index is 2320. The number of nitrogens with zero attached hydrogens (tertiary/aromatic N) is 5. The number of rotatable bonds is 10. The minimum absolute atomic E-state index is 0.0404. The molecule has 1 radical (unpaired) electrons. The molecule has 1 amide bonds. The highest BCUT2D eigenvalue weighted by molar-refractivity contribution is 7.91. The molecule has 0 bridgehead atoms. The molecular weight excluding hydrogens is 758 g/mol. The van der Waals surface area contributed by atoms with Crippen molar-refractivity contribution >= 4 is 68.4 Å². The van der Waals surface area contributed by atoms with Crippen LogP contribution in [0.25, 0.3) is 21.3 Å². The van der Waals surface area contributed by atoms with E-state index in [-0.39, 0.29) is 41.2 Å². The van der Waals surface area contributed by atoms with E-state index < -0.39 is 31.0 Å². The van der Waals surface area contributed by atoms with Gasteiger partial charge in [-0.25, -0.2) is 18.4 Å². The van der Waals surface area contributed by atoms with Crippen LogP contribution >= 0.6 is 22.9 Å². The zero-order valence-corrected chi connectivity index (χ0v) is 33.4. The first-order valence-electron chi connectivity index (χ1n) is 17.5. The Kier molecular flexibility index (Phi) is 11.0. The summed E-state index contributed by atoms with van der Waals surface area (Å²) < 4.78 is 38.9. The minimum Gasteiger partial charge on any atom is -0.618 e. The second-order valence-corrected chi connectivity index (χ2v) is 20.0. The zero-order chi connectivity index (χ0) is 38.0. The summed E-state index contributed by atoms with van der Waals surface area (Å²) in [5, 5.41) is 15.9. The predicted molar refractivity (Wildman–Crippen MR) is 214 cm³/mol. The van der Waals surface area contributed by atoms with E-state index in [1.807, 2.05) is 42.5 Å². The van der Waals surface area contributed by atoms with E-state index in [1.165, 1.54) is 34.2 Å². The molecule has 3 aromatic heterocycles. The van der Waals surface area contributed by atoms with Crippen molar-refractivity contribution in [3.05, 3.63) is 138 Å². The number of hydrogen-bond acceptors (Lipinski definition) is 8. The Morgan fingerprint density at radius 1 is 0.963 bits per heavy atom. The molecule has 2 unspecified atom stereocenters. The number of carbonyl (C=O) groups excluding carboxylic acids is 1. The van der Waals surface area contributed by atoms with Crippen LogP contribution < -0.4 is 15.1 Å². The van der Waals surface area contributed by atoms with E-state index in [4.69, 9.17) is 16.0 Å². The first kappa shape index (κ1) is 37.8. The van der Waals surface area contributed by atoms with E-state index in [2.05, 4.69) is 55.0 Å². The average molecular weight is 797 g/mol. The van der Waals surface area contributed by atoms with Gasteiger partial charge in [0.1, 0.15) is 4.21 Å². The maximum atomic E-state index is 14.3. The highest BCUT2D eigenvalue weighted by atomic mass is 35.5. The third kappa shape index (κ3) is 8.11. The molecule has 0 aliphatic carbocycles. The number of piperazine rings is 1. The summed E-state index contributed by atoms with van der Waals surface area (Å²) in [6.07, 6.45) is 4.28. The molecule has 1 fully saturated rings. The maximum absolute atomic E-state index is 14.3. The van der Waals surface area contributed by atoms with Gasteiger partial charge in [0, 0.05) is 59.9 Å². The van der Waals surface area contributed by atoms with E-state index in [0.717, 1.165) is 20.5 Å². The van der Waals surface area contributed by atoms with Crippen molar-refractivity contribution in [2.75, 3.05) is 19.6 Å². The van der Waals surface area contributed by atoms with Gasteiger partial charge in [0.15, 0.2) is 6.20 Å². The molecule has 0 saturated carbocycles. The summed E-state index contributed by atoms with van der Waals surface area (Å²) in [6.45, 7) is 6.57. The Balaban J connectivity index is 1.23. The molecule has 0 spiro atoms. The Hall–Kier alpha value is -4.50. The molecular formula is C40H39ClN5O5S2Si. The molecule has 3 aromatic carbocycles. The van der Waals surface area contributed by atoms with E-state index in [0.29, 0.717) is 27.4 Å². The maximum Gasteiger partial charge on any atom is 0.291 e. The average Bonchev–Trinajstić information content (AvgIpc) is 3.61. The lowest BCUT2D eigenvalue weighted by molar-refractivity contribution is -0.593.